The number of halogens is 2. The Morgan fingerprint density at radius 2 is 1.40 bits per heavy atom. The minimum Gasteiger partial charge on any atom is -0.390 e. The van der Waals surface area contributed by atoms with Gasteiger partial charge in [0, 0.05) is 34.6 Å². The molecule has 0 aromatic carbocycles. The molecule has 4 heterocycles. The molecule has 0 aliphatic carbocycles. The number of rotatable bonds is 6. The molecule has 0 amide bonds. The zero-order valence-electron chi connectivity index (χ0n) is 22.9. The number of azide groups is 2. The number of aliphatic hydroxyl groups excluding tert-OH is 2. The minimum absolute atomic E-state index is 0.0507. The topological polar surface area (TPSA) is 278 Å². The molecule has 2 aliphatic rings. The van der Waals surface area contributed by atoms with Gasteiger partial charge in [-0.15, -0.1) is 0 Å². The van der Waals surface area contributed by atoms with Gasteiger partial charge in [-0.2, -0.15) is 9.97 Å². The van der Waals surface area contributed by atoms with Gasteiger partial charge in [-0.25, -0.2) is 18.4 Å². The van der Waals surface area contributed by atoms with Gasteiger partial charge in [0.15, 0.2) is 12.5 Å². The first-order valence-corrected chi connectivity index (χ1v) is 12.4. The quantitative estimate of drug-likeness (QED) is 0.212. The lowest BCUT2D eigenvalue weighted by molar-refractivity contribution is -0.207. The van der Waals surface area contributed by atoms with E-state index in [1.165, 1.54) is 25.3 Å². The van der Waals surface area contributed by atoms with Gasteiger partial charge in [0.25, 0.3) is 5.85 Å². The van der Waals surface area contributed by atoms with E-state index >= 15 is 0 Å². The number of nitrogens with two attached hydrogens (primary N) is 2. The summed E-state index contributed by atoms with van der Waals surface area (Å²) in [5.74, 6) is -5.62. The Kier molecular flexibility index (Phi) is 8.83. The van der Waals surface area contributed by atoms with E-state index in [0.29, 0.717) is 0 Å². The summed E-state index contributed by atoms with van der Waals surface area (Å²) in [6, 6.07) is 2.65. The van der Waals surface area contributed by atoms with Crippen molar-refractivity contribution in [3.05, 3.63) is 66.4 Å². The van der Waals surface area contributed by atoms with E-state index in [1.54, 1.807) is 20.8 Å². The van der Waals surface area contributed by atoms with E-state index in [-0.39, 0.29) is 18.1 Å². The van der Waals surface area contributed by atoms with Crippen LogP contribution in [0.25, 0.3) is 20.9 Å². The van der Waals surface area contributed by atoms with Crippen LogP contribution in [0.2, 0.25) is 0 Å². The van der Waals surface area contributed by atoms with Crippen LogP contribution in [0.1, 0.15) is 46.6 Å². The van der Waals surface area contributed by atoms with Crippen LogP contribution in [0, 0.1) is 5.92 Å². The van der Waals surface area contributed by atoms with Crippen LogP contribution in [0.15, 0.2) is 44.3 Å². The van der Waals surface area contributed by atoms with Crippen LogP contribution in [-0.2, 0) is 9.47 Å². The maximum Gasteiger partial charge on any atom is 0.351 e. The maximum absolute atomic E-state index is 14.8. The second-order valence-electron chi connectivity index (χ2n) is 10.1. The number of aliphatic hydroxyl groups is 2. The molecule has 0 bridgehead atoms. The highest BCUT2D eigenvalue weighted by molar-refractivity contribution is 5.25. The molecule has 2 fully saturated rings. The van der Waals surface area contributed by atoms with Crippen LogP contribution >= 0.6 is 0 Å². The fourth-order valence-corrected chi connectivity index (χ4v) is 4.83. The van der Waals surface area contributed by atoms with Crippen LogP contribution in [0.4, 0.5) is 20.4 Å². The van der Waals surface area contributed by atoms with E-state index in [0.717, 1.165) is 15.3 Å². The molecule has 2 saturated heterocycles. The van der Waals surface area contributed by atoms with Crippen LogP contribution in [0.5, 0.6) is 0 Å². The minimum atomic E-state index is -2.88. The molecule has 42 heavy (non-hydrogen) atoms. The first-order chi connectivity index (χ1) is 19.6. The Balaban J connectivity index is 0.000000230. The fraction of sp³-hybridized carbons (Fsp3) is 0.636. The summed E-state index contributed by atoms with van der Waals surface area (Å²) < 4.78 is 41.5. The molecule has 2 aromatic heterocycles. The van der Waals surface area contributed by atoms with Gasteiger partial charge >= 0.3 is 11.4 Å². The third-order valence-electron chi connectivity index (χ3n) is 7.53. The molecule has 0 unspecified atom stereocenters. The Hall–Kier alpha value is -4.32. The second kappa shape index (κ2) is 11.5. The zero-order chi connectivity index (χ0) is 31.7. The van der Waals surface area contributed by atoms with Crippen molar-refractivity contribution in [2.24, 2.45) is 16.1 Å². The monoisotopic (exact) mass is 596 g/mol. The lowest BCUT2D eigenvalue weighted by atomic mass is 9.83. The summed E-state index contributed by atoms with van der Waals surface area (Å²) >= 11 is 0. The van der Waals surface area contributed by atoms with E-state index < -0.39 is 65.3 Å². The highest BCUT2D eigenvalue weighted by Crippen LogP contribution is 2.52. The predicted octanol–water partition coefficient (Wildman–Crippen LogP) is 1.58. The van der Waals surface area contributed by atoms with Crippen molar-refractivity contribution in [3.8, 4) is 0 Å². The van der Waals surface area contributed by atoms with Gasteiger partial charge < -0.3 is 31.2 Å². The number of nitrogen functional groups attached to an aromatic ring is 2. The molecule has 6 N–H and O–H groups in total. The molecule has 18 nitrogen and oxygen atoms in total. The lowest BCUT2D eigenvalue weighted by Gasteiger charge is -2.29. The number of alkyl halides is 2. The van der Waals surface area contributed by atoms with Gasteiger partial charge in [0.1, 0.15) is 29.9 Å². The summed E-state index contributed by atoms with van der Waals surface area (Å²) in [5, 5.41) is 26.1. The molecule has 4 rings (SSSR count). The number of nitrogens with zero attached hydrogens (tertiary/aromatic N) is 10. The normalized spacial score (nSPS) is 35.4. The van der Waals surface area contributed by atoms with E-state index in [2.05, 4.69) is 30.0 Å². The van der Waals surface area contributed by atoms with Crippen LogP contribution < -0.4 is 22.8 Å². The van der Waals surface area contributed by atoms with Crippen molar-refractivity contribution >= 4 is 11.6 Å². The molecule has 0 spiro atoms. The summed E-state index contributed by atoms with van der Waals surface area (Å²) in [6.45, 7) is 4.79. The summed E-state index contributed by atoms with van der Waals surface area (Å²) in [4.78, 5) is 36.1. The summed E-state index contributed by atoms with van der Waals surface area (Å²) in [5.41, 5.74) is 23.5. The highest BCUT2D eigenvalue weighted by Gasteiger charge is 2.63. The van der Waals surface area contributed by atoms with E-state index in [1.807, 2.05) is 0 Å². The average molecular weight is 597 g/mol. The maximum atomic E-state index is 14.8. The Morgan fingerprint density at radius 3 is 1.81 bits per heavy atom. The van der Waals surface area contributed by atoms with E-state index in [4.69, 9.17) is 37.1 Å². The highest BCUT2D eigenvalue weighted by atomic mass is 19.2. The Labute approximate surface area is 235 Å². The molecule has 0 radical (unpaired) electrons. The number of aromatic nitrogens is 4. The van der Waals surface area contributed by atoms with Crippen molar-refractivity contribution in [1.29, 1.82) is 0 Å². The zero-order valence-corrected chi connectivity index (χ0v) is 22.9. The fourth-order valence-electron chi connectivity index (χ4n) is 4.83. The number of ether oxygens (including phenoxy) is 2. The molecule has 8 atom stereocenters. The molecular formula is C22H30F2N12O6. The van der Waals surface area contributed by atoms with Gasteiger partial charge in [-0.1, -0.05) is 24.1 Å². The van der Waals surface area contributed by atoms with Crippen molar-refractivity contribution in [2.45, 2.75) is 75.5 Å². The lowest BCUT2D eigenvalue weighted by Crippen LogP contribution is -2.48. The van der Waals surface area contributed by atoms with Crippen molar-refractivity contribution in [2.75, 3.05) is 18.1 Å². The second-order valence-corrected chi connectivity index (χ2v) is 10.1. The summed E-state index contributed by atoms with van der Waals surface area (Å²) in [6.07, 6.45) is -1.99. The molecule has 2 aliphatic heterocycles. The van der Waals surface area contributed by atoms with Gasteiger partial charge in [0.2, 0.25) is 5.85 Å². The van der Waals surface area contributed by atoms with Crippen molar-refractivity contribution in [3.63, 3.8) is 0 Å². The standard InChI is InChI=1S/C12H17FN6O2.C10H13FN6O4/c1-4-12(13)7(2)11(3,17-18-15)9(21-12)19-6-5-8(14)16-10(19)20;1-9(15-16-13)6(19)10(11,4-18)21-7(9)17-3-2-5(12)14-8(17)20/h5-7,9H,4H2,1-3H3,(H2,14,16,20);2-3,6-7,18-19H,4H2,1H3,(H2,12,14,20)/t7-,9+,11+,12+;6-,7+,9+,10+/m00/s1. The first kappa shape index (κ1) is 32.2. The smallest absolute Gasteiger partial charge is 0.351 e. The van der Waals surface area contributed by atoms with Crippen molar-refractivity contribution in [1.82, 2.24) is 19.1 Å². The van der Waals surface area contributed by atoms with E-state index in [9.17, 15) is 23.5 Å². The average Bonchev–Trinajstić information content (AvgIpc) is 3.25. The molecule has 20 heteroatoms. The molecular weight excluding hydrogens is 566 g/mol. The third kappa shape index (κ3) is 5.34. The summed E-state index contributed by atoms with van der Waals surface area (Å²) in [7, 11) is 0. The largest absolute Gasteiger partial charge is 0.390 e. The predicted molar refractivity (Wildman–Crippen MR) is 141 cm³/mol. The number of anilines is 2. The Bertz CT molecular complexity index is 1430. The van der Waals surface area contributed by atoms with Crippen molar-refractivity contribution < 1.29 is 28.5 Å². The number of hydrogen-bond acceptors (Lipinski definition) is 12. The Morgan fingerprint density at radius 1 is 0.976 bits per heavy atom. The first-order valence-electron chi connectivity index (χ1n) is 12.4. The third-order valence-corrected chi connectivity index (χ3v) is 7.53. The molecule has 0 saturated carbocycles. The van der Waals surface area contributed by atoms with Crippen LogP contribution in [0.3, 0.4) is 0 Å². The molecule has 228 valence electrons. The van der Waals surface area contributed by atoms with Gasteiger partial charge in [-0.3, -0.25) is 9.13 Å². The SMILES string of the molecule is CC[C@@]1(F)O[C@@H](n2ccc(N)nc2=O)[C@](C)(N=[N+]=[N-])[C@@H]1C.C[C@]1(N=[N+]=[N-])[C@H](n2ccc(N)nc2=O)O[C@](F)(CO)[C@H]1O. The van der Waals surface area contributed by atoms with Gasteiger partial charge in [0.05, 0.1) is 5.54 Å². The van der Waals surface area contributed by atoms with Gasteiger partial charge in [-0.05, 0) is 37.0 Å². The molecule has 2 aromatic rings. The number of hydrogen-bond donors (Lipinski definition) is 4. The van der Waals surface area contributed by atoms with Crippen LogP contribution in [-0.4, -0.2) is 64.8 Å².